The van der Waals surface area contributed by atoms with E-state index in [1.54, 1.807) is 43.1 Å². The van der Waals surface area contributed by atoms with Crippen molar-refractivity contribution in [1.82, 2.24) is 19.7 Å². The molecule has 1 aromatic heterocycles. The number of carbonyl (C=O) groups is 2. The van der Waals surface area contributed by atoms with Gasteiger partial charge >= 0.3 is 0 Å². The molecule has 198 valence electrons. The maximum atomic E-state index is 13.6. The first-order valence-corrected chi connectivity index (χ1v) is 12.3. The van der Waals surface area contributed by atoms with E-state index in [1.165, 1.54) is 0 Å². The van der Waals surface area contributed by atoms with E-state index in [1.807, 2.05) is 50.2 Å². The molecular formula is C28H36N4O5. The van der Waals surface area contributed by atoms with E-state index in [9.17, 15) is 14.7 Å². The molecule has 1 aliphatic rings. The van der Waals surface area contributed by atoms with Gasteiger partial charge in [-0.2, -0.15) is 0 Å². The first-order valence-electron chi connectivity index (χ1n) is 12.3. The minimum atomic E-state index is -0.403. The highest BCUT2D eigenvalue weighted by atomic mass is 16.5. The summed E-state index contributed by atoms with van der Waals surface area (Å²) < 4.78 is 11.4. The van der Waals surface area contributed by atoms with Crippen molar-refractivity contribution in [3.05, 3.63) is 53.2 Å². The Bertz CT molecular complexity index is 1160. The zero-order valence-corrected chi connectivity index (χ0v) is 22.4. The van der Waals surface area contributed by atoms with Crippen LogP contribution in [0.2, 0.25) is 0 Å². The number of hydrogen-bond acceptors (Lipinski definition) is 7. The van der Waals surface area contributed by atoms with Crippen molar-refractivity contribution in [1.29, 1.82) is 0 Å². The summed E-state index contributed by atoms with van der Waals surface area (Å²) in [6.45, 7) is 4.58. The van der Waals surface area contributed by atoms with Gasteiger partial charge in [0.1, 0.15) is 17.4 Å². The second-order valence-corrected chi connectivity index (χ2v) is 9.69. The molecule has 3 rings (SSSR count). The molecule has 0 aliphatic carbocycles. The molecule has 1 aromatic carbocycles. The fourth-order valence-electron chi connectivity index (χ4n) is 3.97. The van der Waals surface area contributed by atoms with Gasteiger partial charge in [-0.05, 0) is 51.4 Å². The minimum absolute atomic E-state index is 0.0307. The number of aromatic nitrogens is 1. The van der Waals surface area contributed by atoms with Crippen LogP contribution >= 0.6 is 0 Å². The van der Waals surface area contributed by atoms with Crippen LogP contribution in [-0.2, 0) is 4.79 Å². The monoisotopic (exact) mass is 508 g/mol. The SMILES string of the molecule is COc1ccc(C#Cc2cnc3c(c2)C(=O)N([C@@H](C)CO)C[C@H](C)[C@H](CN(C)C(=O)CN(C)C)O3)cc1. The van der Waals surface area contributed by atoms with Gasteiger partial charge in [0, 0.05) is 36.8 Å². The molecule has 0 spiro atoms. The molecule has 3 atom stereocenters. The topological polar surface area (TPSA) is 95.4 Å². The molecule has 0 unspecified atom stereocenters. The summed E-state index contributed by atoms with van der Waals surface area (Å²) in [6, 6.07) is 8.64. The summed E-state index contributed by atoms with van der Waals surface area (Å²) in [5.41, 5.74) is 1.64. The Labute approximate surface area is 219 Å². The lowest BCUT2D eigenvalue weighted by molar-refractivity contribution is -0.132. The lowest BCUT2D eigenvalue weighted by Gasteiger charge is -2.37. The first kappa shape index (κ1) is 28.0. The van der Waals surface area contributed by atoms with E-state index in [0.29, 0.717) is 18.7 Å². The van der Waals surface area contributed by atoms with Crippen LogP contribution in [0, 0.1) is 17.8 Å². The molecule has 0 radical (unpaired) electrons. The highest BCUT2D eigenvalue weighted by Gasteiger charge is 2.34. The van der Waals surface area contributed by atoms with Gasteiger partial charge < -0.3 is 29.3 Å². The molecule has 9 nitrogen and oxygen atoms in total. The molecule has 2 aromatic rings. The third kappa shape index (κ3) is 7.21. The van der Waals surface area contributed by atoms with E-state index >= 15 is 0 Å². The second kappa shape index (κ2) is 12.6. The molecule has 0 bridgehead atoms. The summed E-state index contributed by atoms with van der Waals surface area (Å²) >= 11 is 0. The second-order valence-electron chi connectivity index (χ2n) is 9.69. The summed E-state index contributed by atoms with van der Waals surface area (Å²) in [6.07, 6.45) is 1.17. The van der Waals surface area contributed by atoms with Crippen molar-refractivity contribution >= 4 is 11.8 Å². The van der Waals surface area contributed by atoms with Gasteiger partial charge in [0.2, 0.25) is 11.8 Å². The van der Waals surface area contributed by atoms with E-state index in [-0.39, 0.29) is 42.3 Å². The zero-order valence-electron chi connectivity index (χ0n) is 22.4. The standard InChI is InChI=1S/C28H36N4O5/c1-19-15-32(20(2)18-33)28(35)24-13-22(8-7-21-9-11-23(36-6)12-10-21)14-29-27(24)37-25(19)16-31(5)26(34)17-30(3)4/h9-14,19-20,25,33H,15-18H2,1-6H3/t19-,20-,25-/m0/s1. The smallest absolute Gasteiger partial charge is 0.259 e. The van der Waals surface area contributed by atoms with Crippen LogP contribution in [0.4, 0.5) is 0 Å². The fourth-order valence-corrected chi connectivity index (χ4v) is 3.97. The number of amides is 2. The maximum absolute atomic E-state index is 13.6. The van der Waals surface area contributed by atoms with E-state index < -0.39 is 12.1 Å². The summed E-state index contributed by atoms with van der Waals surface area (Å²) in [5.74, 6) is 6.65. The Morgan fingerprint density at radius 3 is 2.54 bits per heavy atom. The van der Waals surface area contributed by atoms with Crippen LogP contribution in [0.1, 0.15) is 35.3 Å². The maximum Gasteiger partial charge on any atom is 0.259 e. The fraction of sp³-hybridized carbons (Fsp3) is 0.464. The number of aliphatic hydroxyl groups is 1. The highest BCUT2D eigenvalue weighted by molar-refractivity contribution is 5.97. The van der Waals surface area contributed by atoms with E-state index in [0.717, 1.165) is 11.3 Å². The van der Waals surface area contributed by atoms with Crippen LogP contribution < -0.4 is 9.47 Å². The Morgan fingerprint density at radius 1 is 1.24 bits per heavy atom. The Morgan fingerprint density at radius 2 is 1.92 bits per heavy atom. The van der Waals surface area contributed by atoms with Crippen molar-refractivity contribution in [2.45, 2.75) is 26.0 Å². The van der Waals surface area contributed by atoms with E-state index in [2.05, 4.69) is 16.8 Å². The normalized spacial score (nSPS) is 18.1. The summed E-state index contributed by atoms with van der Waals surface area (Å²) in [5, 5.41) is 9.84. The van der Waals surface area contributed by atoms with Gasteiger partial charge in [0.25, 0.3) is 5.91 Å². The van der Waals surface area contributed by atoms with Crippen molar-refractivity contribution in [2.75, 3.05) is 54.5 Å². The van der Waals surface area contributed by atoms with Crippen molar-refractivity contribution < 1.29 is 24.2 Å². The predicted octanol–water partition coefficient (Wildman–Crippen LogP) is 1.73. The van der Waals surface area contributed by atoms with Crippen LogP contribution in [-0.4, -0.2) is 103 Å². The zero-order chi connectivity index (χ0) is 27.1. The number of rotatable bonds is 7. The predicted molar refractivity (Wildman–Crippen MR) is 141 cm³/mol. The molecule has 1 N–H and O–H groups in total. The molecule has 0 saturated carbocycles. The quantitative estimate of drug-likeness (QED) is 0.569. The number of likely N-dealkylation sites (N-methyl/N-ethyl adjacent to an activating group) is 2. The van der Waals surface area contributed by atoms with Gasteiger partial charge in [-0.15, -0.1) is 0 Å². The van der Waals surface area contributed by atoms with Gasteiger partial charge in [-0.3, -0.25) is 9.59 Å². The van der Waals surface area contributed by atoms with Crippen LogP contribution in [0.15, 0.2) is 36.5 Å². The average Bonchev–Trinajstić information content (AvgIpc) is 2.88. The number of ether oxygens (including phenoxy) is 2. The number of fused-ring (bicyclic) bond motifs is 1. The Balaban J connectivity index is 1.94. The van der Waals surface area contributed by atoms with Crippen molar-refractivity contribution in [3.63, 3.8) is 0 Å². The van der Waals surface area contributed by atoms with Crippen molar-refractivity contribution in [2.24, 2.45) is 5.92 Å². The number of carbonyl (C=O) groups excluding carboxylic acids is 2. The third-order valence-electron chi connectivity index (χ3n) is 6.29. The average molecular weight is 509 g/mol. The van der Waals surface area contributed by atoms with E-state index in [4.69, 9.17) is 9.47 Å². The van der Waals surface area contributed by atoms with Crippen LogP contribution in [0.3, 0.4) is 0 Å². The molecular weight excluding hydrogens is 472 g/mol. The molecule has 9 heteroatoms. The van der Waals surface area contributed by atoms with Gasteiger partial charge in [-0.1, -0.05) is 18.8 Å². The number of pyridine rings is 1. The number of aliphatic hydroxyl groups excluding tert-OH is 1. The third-order valence-corrected chi connectivity index (χ3v) is 6.29. The van der Waals surface area contributed by atoms with Crippen LogP contribution in [0.5, 0.6) is 11.6 Å². The summed E-state index contributed by atoms with van der Waals surface area (Å²) in [4.78, 5) is 35.7. The molecule has 1 aliphatic heterocycles. The Hall–Kier alpha value is -3.61. The lowest BCUT2D eigenvalue weighted by atomic mass is 10.00. The number of hydrogen-bond donors (Lipinski definition) is 1. The van der Waals surface area contributed by atoms with Gasteiger partial charge in [0.05, 0.1) is 32.8 Å². The molecule has 2 amide bonds. The Kier molecular flexibility index (Phi) is 9.50. The van der Waals surface area contributed by atoms with Crippen molar-refractivity contribution in [3.8, 4) is 23.5 Å². The number of nitrogens with zero attached hydrogens (tertiary/aromatic N) is 4. The highest BCUT2D eigenvalue weighted by Crippen LogP contribution is 2.27. The summed E-state index contributed by atoms with van der Waals surface area (Å²) in [7, 11) is 7.03. The molecule has 2 heterocycles. The minimum Gasteiger partial charge on any atom is -0.497 e. The first-order chi connectivity index (χ1) is 17.6. The van der Waals surface area contributed by atoms with Crippen LogP contribution in [0.25, 0.3) is 0 Å². The number of benzene rings is 1. The lowest BCUT2D eigenvalue weighted by Crippen LogP contribution is -2.51. The van der Waals surface area contributed by atoms with Gasteiger partial charge in [0.15, 0.2) is 0 Å². The molecule has 37 heavy (non-hydrogen) atoms. The number of methoxy groups -OCH3 is 1. The largest absolute Gasteiger partial charge is 0.497 e. The molecule has 0 fully saturated rings. The molecule has 0 saturated heterocycles. The van der Waals surface area contributed by atoms with Gasteiger partial charge in [-0.25, -0.2) is 4.98 Å².